The second-order valence-electron chi connectivity index (χ2n) is 3.79. The minimum absolute atomic E-state index is 1.01. The van der Waals surface area contributed by atoms with E-state index in [0.717, 1.165) is 26.2 Å². The van der Waals surface area contributed by atoms with Crippen molar-refractivity contribution in [1.82, 2.24) is 4.90 Å². The Morgan fingerprint density at radius 1 is 1.07 bits per heavy atom. The van der Waals surface area contributed by atoms with E-state index in [2.05, 4.69) is 40.5 Å². The molecule has 1 aliphatic rings. The summed E-state index contributed by atoms with van der Waals surface area (Å²) in [5.74, 6) is 0. The predicted octanol–water partition coefficient (Wildman–Crippen LogP) is 2.27. The van der Waals surface area contributed by atoms with Gasteiger partial charge in [0.2, 0.25) is 0 Å². The van der Waals surface area contributed by atoms with E-state index in [9.17, 15) is 0 Å². The summed E-state index contributed by atoms with van der Waals surface area (Å²) < 4.78 is 0. The van der Waals surface area contributed by atoms with Crippen LogP contribution in [0.15, 0.2) is 30.3 Å². The molecule has 1 heterocycles. The van der Waals surface area contributed by atoms with E-state index < -0.39 is 0 Å². The first-order valence-corrected chi connectivity index (χ1v) is 5.35. The van der Waals surface area contributed by atoms with Crippen LogP contribution in [0.4, 0.5) is 0 Å². The molecule has 0 radical (unpaired) electrons. The van der Waals surface area contributed by atoms with Gasteiger partial charge in [-0.1, -0.05) is 36.8 Å². The highest BCUT2D eigenvalue weighted by atomic mass is 15.1. The molecular weight excluding hydrogens is 172 g/mol. The lowest BCUT2D eigenvalue weighted by Crippen LogP contribution is -2.25. The lowest BCUT2D eigenvalue weighted by molar-refractivity contribution is 0.286. The Morgan fingerprint density at radius 3 is 2.79 bits per heavy atom. The maximum absolute atomic E-state index is 4.42. The Hall–Kier alpha value is -0.860. The molecule has 0 N–H and O–H groups in total. The molecule has 2 nitrogen and oxygen atoms in total. The van der Waals surface area contributed by atoms with Gasteiger partial charge < -0.3 is 10.2 Å². The number of nitrogens with zero attached hydrogens (tertiary/aromatic N) is 2. The topological polar surface area (TPSA) is 17.3 Å². The molecule has 0 aliphatic carbocycles. The van der Waals surface area contributed by atoms with Crippen LogP contribution in [0.3, 0.4) is 0 Å². The van der Waals surface area contributed by atoms with E-state index in [1.807, 2.05) is 0 Å². The van der Waals surface area contributed by atoms with Gasteiger partial charge in [-0.15, -0.1) is 13.1 Å². The number of rotatable bonds is 2. The molecule has 1 saturated heterocycles. The van der Waals surface area contributed by atoms with Crippen LogP contribution in [0.1, 0.15) is 12.0 Å². The van der Waals surface area contributed by atoms with Crippen molar-refractivity contribution in [1.29, 1.82) is 0 Å². The highest BCUT2D eigenvalue weighted by Crippen LogP contribution is 2.08. The zero-order chi connectivity index (χ0) is 9.64. The summed E-state index contributed by atoms with van der Waals surface area (Å²) in [6.07, 6.45) is 1.22. The summed E-state index contributed by atoms with van der Waals surface area (Å²) in [6, 6.07) is 10.7. The van der Waals surface area contributed by atoms with Gasteiger partial charge in [0.1, 0.15) is 0 Å². The molecule has 0 atom stereocenters. The van der Waals surface area contributed by atoms with Crippen molar-refractivity contribution in [3.63, 3.8) is 0 Å². The molecule has 1 aliphatic heterocycles. The van der Waals surface area contributed by atoms with E-state index in [0.29, 0.717) is 0 Å². The van der Waals surface area contributed by atoms with Crippen molar-refractivity contribution < 1.29 is 0 Å². The zero-order valence-electron chi connectivity index (χ0n) is 8.52. The predicted molar refractivity (Wildman–Crippen MR) is 59.4 cm³/mol. The van der Waals surface area contributed by atoms with Gasteiger partial charge in [-0.05, 0) is 18.7 Å². The second kappa shape index (κ2) is 5.13. The van der Waals surface area contributed by atoms with Crippen molar-refractivity contribution in [2.75, 3.05) is 26.2 Å². The van der Waals surface area contributed by atoms with Crippen LogP contribution in [0, 0.1) is 0 Å². The van der Waals surface area contributed by atoms with Crippen LogP contribution in [0.25, 0.3) is 5.32 Å². The number of benzene rings is 1. The largest absolute Gasteiger partial charge is 0.661 e. The van der Waals surface area contributed by atoms with Gasteiger partial charge >= 0.3 is 0 Å². The van der Waals surface area contributed by atoms with Gasteiger partial charge in [0, 0.05) is 6.54 Å². The lowest BCUT2D eigenvalue weighted by Gasteiger charge is -2.21. The summed E-state index contributed by atoms with van der Waals surface area (Å²) in [4.78, 5) is 2.49. The van der Waals surface area contributed by atoms with Crippen molar-refractivity contribution in [3.8, 4) is 0 Å². The average Bonchev–Trinajstić information content (AvgIpc) is 2.48. The summed E-state index contributed by atoms with van der Waals surface area (Å²) in [5, 5.41) is 4.42. The van der Waals surface area contributed by atoms with Crippen LogP contribution in [0.5, 0.6) is 0 Å². The Bertz CT molecular complexity index is 250. The first-order chi connectivity index (χ1) is 6.95. The molecule has 0 unspecified atom stereocenters. The fourth-order valence-corrected chi connectivity index (χ4v) is 1.84. The van der Waals surface area contributed by atoms with Crippen molar-refractivity contribution in [2.24, 2.45) is 0 Å². The summed E-state index contributed by atoms with van der Waals surface area (Å²) in [6.45, 7) is 5.45. The number of hydrogen-bond donors (Lipinski definition) is 0. The Kier molecular flexibility index (Phi) is 3.55. The highest BCUT2D eigenvalue weighted by molar-refractivity contribution is 5.14. The molecule has 76 valence electrons. The molecule has 2 rings (SSSR count). The zero-order valence-corrected chi connectivity index (χ0v) is 8.52. The summed E-state index contributed by atoms with van der Waals surface area (Å²) >= 11 is 0. The summed E-state index contributed by atoms with van der Waals surface area (Å²) in [7, 11) is 0. The minimum Gasteiger partial charge on any atom is -0.661 e. The fourth-order valence-electron chi connectivity index (χ4n) is 1.84. The molecule has 1 aromatic rings. The van der Waals surface area contributed by atoms with E-state index in [4.69, 9.17) is 0 Å². The molecule has 1 aromatic carbocycles. The minimum atomic E-state index is 1.01. The smallest absolute Gasteiger partial charge is 0.0233 e. The second-order valence-corrected chi connectivity index (χ2v) is 3.79. The monoisotopic (exact) mass is 189 g/mol. The maximum atomic E-state index is 4.42. The maximum Gasteiger partial charge on any atom is 0.0233 e. The molecule has 2 heteroatoms. The van der Waals surface area contributed by atoms with Crippen LogP contribution >= 0.6 is 0 Å². The average molecular weight is 189 g/mol. The van der Waals surface area contributed by atoms with Crippen molar-refractivity contribution >= 4 is 0 Å². The molecular formula is C12H17N2-. The molecule has 1 fully saturated rings. The molecule has 0 aromatic heterocycles. The van der Waals surface area contributed by atoms with E-state index >= 15 is 0 Å². The number of hydrogen-bond acceptors (Lipinski definition) is 1. The third-order valence-corrected chi connectivity index (χ3v) is 2.61. The van der Waals surface area contributed by atoms with Gasteiger partial charge in [-0.2, -0.15) is 0 Å². The normalized spacial score (nSPS) is 19.1. The third kappa shape index (κ3) is 2.82. The van der Waals surface area contributed by atoms with Gasteiger partial charge in [-0.3, -0.25) is 0 Å². The van der Waals surface area contributed by atoms with E-state index in [1.54, 1.807) is 0 Å². The summed E-state index contributed by atoms with van der Waals surface area (Å²) in [5.41, 5.74) is 1.41. The Labute approximate surface area is 85.9 Å². The standard InChI is InChI=1S/C12H17N2/c1-2-5-12(6-3-1)11-14-9-4-7-13-8-10-14/h1-3,5-6H,4,7-11H2/q-1. The van der Waals surface area contributed by atoms with Crippen LogP contribution in [0.2, 0.25) is 0 Å². The third-order valence-electron chi connectivity index (χ3n) is 2.61. The van der Waals surface area contributed by atoms with Gasteiger partial charge in [-0.25, -0.2) is 0 Å². The van der Waals surface area contributed by atoms with Crippen molar-refractivity contribution in [2.45, 2.75) is 13.0 Å². The first kappa shape index (κ1) is 9.69. The van der Waals surface area contributed by atoms with Gasteiger partial charge in [0.15, 0.2) is 0 Å². The highest BCUT2D eigenvalue weighted by Gasteiger charge is 2.04. The molecule has 0 saturated carbocycles. The first-order valence-electron chi connectivity index (χ1n) is 5.35. The van der Waals surface area contributed by atoms with Crippen LogP contribution < -0.4 is 0 Å². The SMILES string of the molecule is c1ccc(CN2CCC[N-]CC2)cc1. The van der Waals surface area contributed by atoms with E-state index in [1.165, 1.54) is 18.5 Å². The Morgan fingerprint density at radius 2 is 1.93 bits per heavy atom. The molecule has 0 bridgehead atoms. The van der Waals surface area contributed by atoms with Gasteiger partial charge in [0.05, 0.1) is 0 Å². The quantitative estimate of drug-likeness (QED) is 0.697. The Balaban J connectivity index is 1.90. The molecule has 0 amide bonds. The van der Waals surface area contributed by atoms with Crippen LogP contribution in [-0.2, 0) is 6.54 Å². The van der Waals surface area contributed by atoms with E-state index in [-0.39, 0.29) is 0 Å². The molecule has 0 spiro atoms. The molecule has 14 heavy (non-hydrogen) atoms. The fraction of sp³-hybridized carbons (Fsp3) is 0.500. The van der Waals surface area contributed by atoms with Crippen molar-refractivity contribution in [3.05, 3.63) is 41.2 Å². The van der Waals surface area contributed by atoms with Gasteiger partial charge in [0.25, 0.3) is 0 Å². The lowest BCUT2D eigenvalue weighted by atomic mass is 10.2. The van der Waals surface area contributed by atoms with Crippen LogP contribution in [-0.4, -0.2) is 31.1 Å².